The Morgan fingerprint density at radius 1 is 1.10 bits per heavy atom. The molecule has 1 amide bonds. The lowest BCUT2D eigenvalue weighted by atomic mass is 9.79. The van der Waals surface area contributed by atoms with Gasteiger partial charge in [0.1, 0.15) is 11.9 Å². The number of hydrogen-bond acceptors (Lipinski definition) is 6. The first-order valence-corrected chi connectivity index (χ1v) is 13.4. The van der Waals surface area contributed by atoms with Gasteiger partial charge in [0.25, 0.3) is 0 Å². The third kappa shape index (κ3) is 4.46. The highest BCUT2D eigenvalue weighted by atomic mass is 16.2. The van der Waals surface area contributed by atoms with Crippen LogP contribution in [-0.4, -0.2) is 61.4 Å². The van der Waals surface area contributed by atoms with Crippen LogP contribution in [0.5, 0.6) is 0 Å². The maximum atomic E-state index is 12.8. The number of fused-ring (bicyclic) bond motifs is 1. The highest BCUT2D eigenvalue weighted by molar-refractivity contribution is 5.87. The number of amides is 1. The monoisotopic (exact) mass is 520 g/mol. The molecule has 2 aliphatic heterocycles. The first kappa shape index (κ1) is 24.9. The van der Waals surface area contributed by atoms with Crippen molar-refractivity contribution in [3.8, 4) is 28.3 Å². The second-order valence-corrected chi connectivity index (χ2v) is 11.0. The largest absolute Gasteiger partial charge is 0.356 e. The number of aryl methyl sites for hydroxylation is 1. The van der Waals surface area contributed by atoms with E-state index in [2.05, 4.69) is 45.9 Å². The third-order valence-corrected chi connectivity index (χ3v) is 8.31. The molecule has 4 aromatic rings. The van der Waals surface area contributed by atoms with Crippen LogP contribution in [0, 0.1) is 22.7 Å². The van der Waals surface area contributed by atoms with E-state index < -0.39 is 0 Å². The van der Waals surface area contributed by atoms with Crippen LogP contribution < -0.4 is 4.90 Å². The van der Waals surface area contributed by atoms with Gasteiger partial charge in [0.05, 0.1) is 29.4 Å². The molecule has 0 aromatic carbocycles. The molecule has 2 atom stereocenters. The van der Waals surface area contributed by atoms with E-state index in [1.807, 2.05) is 43.7 Å². The van der Waals surface area contributed by atoms with E-state index in [-0.39, 0.29) is 17.2 Å². The van der Waals surface area contributed by atoms with Crippen molar-refractivity contribution < 1.29 is 4.79 Å². The fourth-order valence-corrected chi connectivity index (χ4v) is 6.13. The van der Waals surface area contributed by atoms with E-state index in [0.717, 1.165) is 79.0 Å². The van der Waals surface area contributed by atoms with Gasteiger partial charge in [-0.15, -0.1) is 6.58 Å². The summed E-state index contributed by atoms with van der Waals surface area (Å²) in [5.74, 6) is 0.975. The average Bonchev–Trinajstić information content (AvgIpc) is 3.70. The van der Waals surface area contributed by atoms with E-state index in [0.29, 0.717) is 5.56 Å². The molecule has 0 saturated carbocycles. The van der Waals surface area contributed by atoms with Gasteiger partial charge in [0, 0.05) is 79.5 Å². The van der Waals surface area contributed by atoms with Crippen LogP contribution in [0.3, 0.4) is 0 Å². The van der Waals surface area contributed by atoms with Crippen molar-refractivity contribution in [2.75, 3.05) is 31.1 Å². The van der Waals surface area contributed by atoms with Gasteiger partial charge in [0.2, 0.25) is 5.91 Å². The number of rotatable bonds is 5. The SMILES string of the molecule is C=CC(C)C(=O)N1CCC2(CCCN(c3ccc(-c4cc(-c5cnn(C)c5)cn5ncc(C#N)c45)cn3)C2)C1. The molecular formula is C30H32N8O. The number of piperidine rings is 1. The first-order chi connectivity index (χ1) is 18.9. The fraction of sp³-hybridized carbons (Fsp3) is 0.367. The number of pyridine rings is 2. The molecular weight excluding hydrogens is 488 g/mol. The molecule has 4 aromatic heterocycles. The van der Waals surface area contributed by atoms with Crippen molar-refractivity contribution >= 4 is 17.2 Å². The minimum atomic E-state index is -0.144. The maximum absolute atomic E-state index is 12.8. The summed E-state index contributed by atoms with van der Waals surface area (Å²) < 4.78 is 3.53. The van der Waals surface area contributed by atoms with Gasteiger partial charge in [-0.2, -0.15) is 15.5 Å². The molecule has 2 unspecified atom stereocenters. The number of anilines is 1. The molecule has 39 heavy (non-hydrogen) atoms. The molecule has 2 fully saturated rings. The van der Waals surface area contributed by atoms with E-state index in [9.17, 15) is 10.1 Å². The Hall–Kier alpha value is -4.45. The molecule has 9 nitrogen and oxygen atoms in total. The van der Waals surface area contributed by atoms with Gasteiger partial charge in [0.15, 0.2) is 0 Å². The Balaban J connectivity index is 1.28. The molecule has 198 valence electrons. The Morgan fingerprint density at radius 3 is 2.69 bits per heavy atom. The van der Waals surface area contributed by atoms with Gasteiger partial charge < -0.3 is 9.80 Å². The Labute approximate surface area is 228 Å². The van der Waals surface area contributed by atoms with Crippen molar-refractivity contribution in [1.29, 1.82) is 5.26 Å². The molecule has 6 heterocycles. The summed E-state index contributed by atoms with van der Waals surface area (Å²) in [7, 11) is 1.89. The predicted octanol–water partition coefficient (Wildman–Crippen LogP) is 4.31. The second kappa shape index (κ2) is 9.70. The van der Waals surface area contributed by atoms with Crippen LogP contribution >= 0.6 is 0 Å². The van der Waals surface area contributed by atoms with Crippen molar-refractivity contribution in [3.63, 3.8) is 0 Å². The number of carbonyl (C=O) groups is 1. The molecule has 0 N–H and O–H groups in total. The second-order valence-electron chi connectivity index (χ2n) is 11.0. The van der Waals surface area contributed by atoms with Crippen molar-refractivity contribution in [2.45, 2.75) is 26.2 Å². The number of nitrogens with zero attached hydrogens (tertiary/aromatic N) is 8. The number of nitriles is 1. The molecule has 2 saturated heterocycles. The Morgan fingerprint density at radius 2 is 1.97 bits per heavy atom. The van der Waals surface area contributed by atoms with Crippen LogP contribution in [0.25, 0.3) is 27.8 Å². The minimum Gasteiger partial charge on any atom is -0.356 e. The highest BCUT2D eigenvalue weighted by Crippen LogP contribution is 2.41. The summed E-state index contributed by atoms with van der Waals surface area (Å²) in [4.78, 5) is 22.0. The summed E-state index contributed by atoms with van der Waals surface area (Å²) in [5.41, 5.74) is 5.17. The summed E-state index contributed by atoms with van der Waals surface area (Å²) in [6.45, 7) is 9.17. The number of aromatic nitrogens is 5. The van der Waals surface area contributed by atoms with Gasteiger partial charge >= 0.3 is 0 Å². The van der Waals surface area contributed by atoms with Crippen molar-refractivity contribution in [3.05, 3.63) is 67.4 Å². The quantitative estimate of drug-likeness (QED) is 0.364. The van der Waals surface area contributed by atoms with Gasteiger partial charge in [-0.05, 0) is 37.5 Å². The summed E-state index contributed by atoms with van der Waals surface area (Å²) >= 11 is 0. The Bertz CT molecular complexity index is 1590. The van der Waals surface area contributed by atoms with Crippen LogP contribution in [0.15, 0.2) is 61.8 Å². The lowest BCUT2D eigenvalue weighted by molar-refractivity contribution is -0.132. The lowest BCUT2D eigenvalue weighted by Gasteiger charge is -2.41. The topological polar surface area (TPSA) is 95.4 Å². The van der Waals surface area contributed by atoms with E-state index in [1.165, 1.54) is 0 Å². The average molecular weight is 521 g/mol. The smallest absolute Gasteiger partial charge is 0.229 e. The van der Waals surface area contributed by atoms with Crippen LogP contribution in [-0.2, 0) is 11.8 Å². The fourth-order valence-electron chi connectivity index (χ4n) is 6.13. The van der Waals surface area contributed by atoms with Crippen LogP contribution in [0.1, 0.15) is 31.7 Å². The van der Waals surface area contributed by atoms with Gasteiger partial charge in [-0.25, -0.2) is 9.50 Å². The zero-order valence-corrected chi connectivity index (χ0v) is 22.4. The normalized spacial score (nSPS) is 19.9. The number of hydrogen-bond donors (Lipinski definition) is 0. The molecule has 6 rings (SSSR count). The first-order valence-electron chi connectivity index (χ1n) is 13.4. The van der Waals surface area contributed by atoms with Crippen LogP contribution in [0.4, 0.5) is 5.82 Å². The molecule has 9 heteroatoms. The molecule has 0 radical (unpaired) electrons. The van der Waals surface area contributed by atoms with E-state index >= 15 is 0 Å². The predicted molar refractivity (Wildman–Crippen MR) is 150 cm³/mol. The zero-order chi connectivity index (χ0) is 27.1. The number of carbonyl (C=O) groups excluding carboxylic acids is 1. The minimum absolute atomic E-state index is 0.110. The van der Waals surface area contributed by atoms with E-state index in [4.69, 9.17) is 4.98 Å². The maximum Gasteiger partial charge on any atom is 0.229 e. The van der Waals surface area contributed by atoms with E-state index in [1.54, 1.807) is 21.5 Å². The van der Waals surface area contributed by atoms with Crippen molar-refractivity contribution in [1.82, 2.24) is 29.3 Å². The molecule has 0 bridgehead atoms. The number of likely N-dealkylation sites (tertiary alicyclic amines) is 1. The molecule has 1 spiro atoms. The van der Waals surface area contributed by atoms with Gasteiger partial charge in [-0.3, -0.25) is 9.48 Å². The zero-order valence-electron chi connectivity index (χ0n) is 22.4. The molecule has 0 aliphatic carbocycles. The third-order valence-electron chi connectivity index (χ3n) is 8.31. The van der Waals surface area contributed by atoms with Gasteiger partial charge in [-0.1, -0.05) is 13.0 Å². The van der Waals surface area contributed by atoms with Crippen LogP contribution in [0.2, 0.25) is 0 Å². The summed E-state index contributed by atoms with van der Waals surface area (Å²) in [6, 6.07) is 8.50. The highest BCUT2D eigenvalue weighted by Gasteiger charge is 2.43. The summed E-state index contributed by atoms with van der Waals surface area (Å²) in [6.07, 6.45) is 14.2. The Kier molecular flexibility index (Phi) is 6.18. The molecule has 2 aliphatic rings. The standard InChI is InChI=1S/C30H32N8O/c1-4-21(2)29(39)37-11-9-30(20-37)8-5-10-36(19-30)27-7-6-22(14-32-27)26-12-23(25-16-33-35(3)17-25)18-38-28(26)24(13-31)15-34-38/h4,6-7,12,14-18,21H,1,5,8-11,19-20H2,2-3H3. The lowest BCUT2D eigenvalue weighted by Crippen LogP contribution is -2.46. The van der Waals surface area contributed by atoms with Crippen molar-refractivity contribution in [2.24, 2.45) is 18.4 Å². The summed E-state index contributed by atoms with van der Waals surface area (Å²) in [5, 5.41) is 18.5.